The monoisotopic (exact) mass is 403 g/mol. The lowest BCUT2D eigenvalue weighted by Gasteiger charge is -2.45. The van der Waals surface area contributed by atoms with Crippen molar-refractivity contribution in [2.75, 3.05) is 18.4 Å². The lowest BCUT2D eigenvalue weighted by Crippen LogP contribution is -2.62. The Morgan fingerprint density at radius 1 is 0.967 bits per heavy atom. The van der Waals surface area contributed by atoms with Crippen LogP contribution in [-0.2, 0) is 11.2 Å². The number of hydrogen-bond donors (Lipinski definition) is 3. The topological polar surface area (TPSA) is 107 Å². The second kappa shape index (κ2) is 6.98. The third kappa shape index (κ3) is 3.10. The number of H-pyrrole nitrogens is 1. The molecule has 0 unspecified atom stereocenters. The van der Waals surface area contributed by atoms with E-state index in [-0.39, 0.29) is 23.8 Å². The molecular weight excluding hydrogens is 382 g/mol. The summed E-state index contributed by atoms with van der Waals surface area (Å²) in [7, 11) is 0. The summed E-state index contributed by atoms with van der Waals surface area (Å²) < 4.78 is 0. The van der Waals surface area contributed by atoms with E-state index in [0.717, 1.165) is 5.69 Å². The van der Waals surface area contributed by atoms with Gasteiger partial charge in [0.2, 0.25) is 5.91 Å². The van der Waals surface area contributed by atoms with E-state index < -0.39 is 5.66 Å². The lowest BCUT2D eigenvalue weighted by atomic mass is 9.92. The van der Waals surface area contributed by atoms with Crippen molar-refractivity contribution in [3.05, 3.63) is 70.1 Å². The van der Waals surface area contributed by atoms with Crippen LogP contribution in [-0.4, -0.2) is 45.7 Å². The molecule has 1 spiro atoms. The number of nitrogens with zero attached hydrogens (tertiary/aromatic N) is 2. The van der Waals surface area contributed by atoms with Crippen molar-refractivity contribution in [3.63, 3.8) is 0 Å². The number of benzene rings is 2. The van der Waals surface area contributed by atoms with Gasteiger partial charge in [-0.15, -0.1) is 0 Å². The van der Waals surface area contributed by atoms with Crippen LogP contribution in [0.2, 0.25) is 0 Å². The number of hydrogen-bond acceptors (Lipinski definition) is 5. The number of fused-ring (bicyclic) bond motifs is 2. The lowest BCUT2D eigenvalue weighted by molar-refractivity contribution is -0.132. The second-order valence-electron chi connectivity index (χ2n) is 7.81. The number of carbonyl (C=O) groups excluding carboxylic acids is 2. The van der Waals surface area contributed by atoms with E-state index >= 15 is 0 Å². The van der Waals surface area contributed by atoms with Crippen molar-refractivity contribution in [1.29, 1.82) is 0 Å². The van der Waals surface area contributed by atoms with Crippen LogP contribution in [0.3, 0.4) is 0 Å². The Balaban J connectivity index is 1.30. The van der Waals surface area contributed by atoms with Gasteiger partial charge in [-0.05, 0) is 18.2 Å². The fourth-order valence-corrected chi connectivity index (χ4v) is 4.31. The highest BCUT2D eigenvalue weighted by Gasteiger charge is 2.40. The summed E-state index contributed by atoms with van der Waals surface area (Å²) >= 11 is 0. The van der Waals surface area contributed by atoms with Crippen molar-refractivity contribution < 1.29 is 9.59 Å². The number of amides is 2. The van der Waals surface area contributed by atoms with Gasteiger partial charge in [0.1, 0.15) is 5.66 Å². The zero-order chi connectivity index (χ0) is 20.7. The molecule has 3 N–H and O–H groups in total. The highest BCUT2D eigenvalue weighted by molar-refractivity contribution is 6.02. The molecule has 0 radical (unpaired) electrons. The maximum Gasteiger partial charge on any atom is 0.272 e. The fourth-order valence-electron chi connectivity index (χ4n) is 4.31. The van der Waals surface area contributed by atoms with E-state index in [0.29, 0.717) is 48.0 Å². The molecule has 1 fully saturated rings. The Kier molecular flexibility index (Phi) is 4.27. The molecule has 2 amide bonds. The average Bonchev–Trinajstić information content (AvgIpc) is 2.76. The first-order chi connectivity index (χ1) is 14.5. The van der Waals surface area contributed by atoms with Crippen LogP contribution in [0, 0.1) is 0 Å². The molecule has 1 saturated heterocycles. The molecular formula is C22H21N5O3. The number of nitrogens with one attached hydrogen (secondary N) is 3. The fraction of sp³-hybridized carbons (Fsp3) is 0.273. The first-order valence-corrected chi connectivity index (χ1v) is 9.98. The molecule has 2 aromatic carbocycles. The summed E-state index contributed by atoms with van der Waals surface area (Å²) in [5.74, 6) is -0.134. The predicted octanol–water partition coefficient (Wildman–Crippen LogP) is 1.64. The standard InChI is InChI=1S/C22H21N5O3/c28-19(13-18-14-5-1-2-6-15(14)21(30)26-25-18)27-11-9-22(10-12-27)23-17-8-4-3-7-16(17)20(29)24-22/h1-8,23H,9-13H2,(H,24,29)(H,26,30). The van der Waals surface area contributed by atoms with Gasteiger partial charge in [-0.3, -0.25) is 14.4 Å². The van der Waals surface area contributed by atoms with Crippen molar-refractivity contribution in [1.82, 2.24) is 20.4 Å². The molecule has 0 aliphatic carbocycles. The van der Waals surface area contributed by atoms with Gasteiger partial charge < -0.3 is 15.5 Å². The first kappa shape index (κ1) is 18.4. The average molecular weight is 403 g/mol. The summed E-state index contributed by atoms with van der Waals surface area (Å²) in [5.41, 5.74) is 1.22. The molecule has 2 aliphatic heterocycles. The summed E-state index contributed by atoms with van der Waals surface area (Å²) in [6.45, 7) is 1.05. The zero-order valence-electron chi connectivity index (χ0n) is 16.3. The maximum absolute atomic E-state index is 12.9. The minimum atomic E-state index is -0.537. The molecule has 8 nitrogen and oxygen atoms in total. The maximum atomic E-state index is 12.9. The molecule has 3 aromatic rings. The van der Waals surface area contributed by atoms with E-state index in [4.69, 9.17) is 0 Å². The Morgan fingerprint density at radius 2 is 1.67 bits per heavy atom. The van der Waals surface area contributed by atoms with Gasteiger partial charge in [-0.2, -0.15) is 5.10 Å². The van der Waals surface area contributed by atoms with Crippen molar-refractivity contribution in [2.24, 2.45) is 0 Å². The second-order valence-corrected chi connectivity index (χ2v) is 7.81. The van der Waals surface area contributed by atoms with Crippen molar-refractivity contribution in [2.45, 2.75) is 24.9 Å². The van der Waals surface area contributed by atoms with Crippen LogP contribution in [0.5, 0.6) is 0 Å². The van der Waals surface area contributed by atoms with Crippen LogP contribution in [0.1, 0.15) is 28.9 Å². The number of anilines is 1. The van der Waals surface area contributed by atoms with Crippen LogP contribution in [0.4, 0.5) is 5.69 Å². The molecule has 0 atom stereocenters. The number of likely N-dealkylation sites (tertiary alicyclic amines) is 1. The van der Waals surface area contributed by atoms with Crippen LogP contribution < -0.4 is 16.2 Å². The molecule has 0 saturated carbocycles. The van der Waals surface area contributed by atoms with Gasteiger partial charge in [0.15, 0.2) is 0 Å². The first-order valence-electron chi connectivity index (χ1n) is 9.98. The molecule has 0 bridgehead atoms. The van der Waals surface area contributed by atoms with E-state index in [9.17, 15) is 14.4 Å². The summed E-state index contributed by atoms with van der Waals surface area (Å²) in [6.07, 6.45) is 1.34. The van der Waals surface area contributed by atoms with Crippen LogP contribution >= 0.6 is 0 Å². The molecule has 5 rings (SSSR count). The van der Waals surface area contributed by atoms with Gasteiger partial charge >= 0.3 is 0 Å². The Morgan fingerprint density at radius 3 is 2.47 bits per heavy atom. The highest BCUT2D eigenvalue weighted by atomic mass is 16.2. The minimum Gasteiger partial charge on any atom is -0.362 e. The number of aromatic amines is 1. The molecule has 3 heterocycles. The Hall–Kier alpha value is -3.68. The van der Waals surface area contributed by atoms with Crippen LogP contribution in [0.15, 0.2) is 53.3 Å². The Labute approximate surface area is 172 Å². The third-order valence-electron chi connectivity index (χ3n) is 5.96. The van der Waals surface area contributed by atoms with Crippen LogP contribution in [0.25, 0.3) is 10.8 Å². The molecule has 30 heavy (non-hydrogen) atoms. The molecule has 1 aromatic heterocycles. The van der Waals surface area contributed by atoms with E-state index in [1.54, 1.807) is 23.1 Å². The summed E-state index contributed by atoms with van der Waals surface area (Å²) in [6, 6.07) is 14.6. The largest absolute Gasteiger partial charge is 0.362 e. The summed E-state index contributed by atoms with van der Waals surface area (Å²) in [4.78, 5) is 39.2. The van der Waals surface area contributed by atoms with Crippen molar-refractivity contribution >= 4 is 28.3 Å². The Bertz CT molecular complexity index is 1210. The molecule has 152 valence electrons. The van der Waals surface area contributed by atoms with Gasteiger partial charge in [-0.25, -0.2) is 5.10 Å². The number of rotatable bonds is 2. The van der Waals surface area contributed by atoms with E-state index in [1.165, 1.54) is 0 Å². The minimum absolute atomic E-state index is 0.0444. The SMILES string of the molecule is O=C1NC2(CCN(C(=O)Cc3n[nH]c(=O)c4ccccc34)CC2)Nc2ccccc21. The predicted molar refractivity (Wildman–Crippen MR) is 112 cm³/mol. The zero-order valence-corrected chi connectivity index (χ0v) is 16.3. The van der Waals surface area contributed by atoms with Gasteiger partial charge in [0.05, 0.1) is 23.1 Å². The van der Waals surface area contributed by atoms with Gasteiger partial charge in [0.25, 0.3) is 11.5 Å². The smallest absolute Gasteiger partial charge is 0.272 e. The number of carbonyl (C=O) groups is 2. The van der Waals surface area contributed by atoms with Gasteiger partial charge in [0, 0.05) is 37.0 Å². The molecule has 8 heteroatoms. The number of para-hydroxylation sites is 1. The molecule has 2 aliphatic rings. The van der Waals surface area contributed by atoms with Crippen molar-refractivity contribution in [3.8, 4) is 0 Å². The normalized spacial score (nSPS) is 17.3. The summed E-state index contributed by atoms with van der Waals surface area (Å²) in [5, 5.41) is 14.4. The van der Waals surface area contributed by atoms with Gasteiger partial charge in [-0.1, -0.05) is 30.3 Å². The third-order valence-corrected chi connectivity index (χ3v) is 5.96. The number of aromatic nitrogens is 2. The highest BCUT2D eigenvalue weighted by Crippen LogP contribution is 2.31. The van der Waals surface area contributed by atoms with E-state index in [2.05, 4.69) is 20.8 Å². The van der Waals surface area contributed by atoms with E-state index in [1.807, 2.05) is 30.3 Å². The number of piperidine rings is 1. The quantitative estimate of drug-likeness (QED) is 0.603.